The first-order valence-corrected chi connectivity index (χ1v) is 6.36. The summed E-state index contributed by atoms with van der Waals surface area (Å²) in [4.78, 5) is 13.9. The summed E-state index contributed by atoms with van der Waals surface area (Å²) in [6.45, 7) is 10.0. The Kier molecular flexibility index (Phi) is 6.58. The number of hydrogen-bond acceptors (Lipinski definition) is 3. The number of pyridine rings is 1. The zero-order valence-electron chi connectivity index (χ0n) is 10.9. The van der Waals surface area contributed by atoms with Gasteiger partial charge in [0.1, 0.15) is 0 Å². The summed E-state index contributed by atoms with van der Waals surface area (Å²) < 4.78 is 1.76. The Morgan fingerprint density at radius 1 is 1.29 bits per heavy atom. The third-order valence-corrected chi connectivity index (χ3v) is 2.86. The zero-order valence-corrected chi connectivity index (χ0v) is 10.9. The Balaban J connectivity index is 2.37. The highest BCUT2D eigenvalue weighted by Gasteiger charge is 2.02. The van der Waals surface area contributed by atoms with Crippen molar-refractivity contribution in [3.05, 3.63) is 34.7 Å². The first kappa shape index (κ1) is 13.9. The van der Waals surface area contributed by atoms with Crippen LogP contribution < -0.4 is 10.9 Å². The van der Waals surface area contributed by atoms with Gasteiger partial charge in [-0.15, -0.1) is 0 Å². The van der Waals surface area contributed by atoms with E-state index in [1.165, 1.54) is 0 Å². The number of nitrogens with one attached hydrogen (secondary N) is 1. The second-order valence-corrected chi connectivity index (χ2v) is 4.02. The quantitative estimate of drug-likeness (QED) is 0.679. The topological polar surface area (TPSA) is 37.3 Å². The third kappa shape index (κ3) is 5.15. The molecule has 0 aliphatic rings. The van der Waals surface area contributed by atoms with E-state index in [0.29, 0.717) is 0 Å². The van der Waals surface area contributed by atoms with E-state index in [0.717, 1.165) is 39.3 Å². The summed E-state index contributed by atoms with van der Waals surface area (Å²) in [7, 11) is 0. The molecule has 1 heterocycles. The van der Waals surface area contributed by atoms with Gasteiger partial charge in [-0.05, 0) is 19.2 Å². The Hall–Kier alpha value is -1.13. The molecule has 96 valence electrons. The molecule has 0 atom stereocenters. The van der Waals surface area contributed by atoms with Crippen molar-refractivity contribution in [2.75, 3.05) is 32.7 Å². The monoisotopic (exact) mass is 237 g/mol. The smallest absolute Gasteiger partial charge is 0.250 e. The number of hydrogen-bond donors (Lipinski definition) is 1. The summed E-state index contributed by atoms with van der Waals surface area (Å²) in [5.74, 6) is 0. The highest BCUT2D eigenvalue weighted by molar-refractivity contribution is 4.93. The Morgan fingerprint density at radius 2 is 2.12 bits per heavy atom. The van der Waals surface area contributed by atoms with Crippen molar-refractivity contribution in [2.24, 2.45) is 0 Å². The fraction of sp³-hybridized carbons (Fsp3) is 0.615. The van der Waals surface area contributed by atoms with Crippen LogP contribution in [0.3, 0.4) is 0 Å². The van der Waals surface area contributed by atoms with E-state index in [-0.39, 0.29) is 5.56 Å². The molecule has 1 rings (SSSR count). The molecule has 0 spiro atoms. The van der Waals surface area contributed by atoms with E-state index in [4.69, 9.17) is 0 Å². The van der Waals surface area contributed by atoms with E-state index < -0.39 is 0 Å². The molecular weight excluding hydrogens is 214 g/mol. The molecule has 4 heteroatoms. The number of aromatic nitrogens is 1. The van der Waals surface area contributed by atoms with Crippen LogP contribution in [0.4, 0.5) is 0 Å². The minimum absolute atomic E-state index is 0.0789. The molecule has 0 aliphatic heterocycles. The van der Waals surface area contributed by atoms with E-state index in [1.54, 1.807) is 16.7 Å². The number of likely N-dealkylation sites (N-methyl/N-ethyl adjacent to an activating group) is 2. The van der Waals surface area contributed by atoms with Crippen LogP contribution in [0.15, 0.2) is 29.2 Å². The Bertz CT molecular complexity index is 362. The highest BCUT2D eigenvalue weighted by atomic mass is 16.1. The molecule has 1 aromatic rings. The molecule has 0 fully saturated rings. The van der Waals surface area contributed by atoms with Gasteiger partial charge in [-0.25, -0.2) is 0 Å². The summed E-state index contributed by atoms with van der Waals surface area (Å²) >= 11 is 0. The maximum atomic E-state index is 11.5. The van der Waals surface area contributed by atoms with E-state index in [9.17, 15) is 4.79 Å². The lowest BCUT2D eigenvalue weighted by Gasteiger charge is -2.20. The van der Waals surface area contributed by atoms with E-state index in [1.807, 2.05) is 12.3 Å². The number of nitrogens with zero attached hydrogens (tertiary/aromatic N) is 2. The molecule has 0 saturated heterocycles. The van der Waals surface area contributed by atoms with Crippen molar-refractivity contribution in [2.45, 2.75) is 20.4 Å². The average Bonchev–Trinajstić information content (AvgIpc) is 2.35. The predicted molar refractivity (Wildman–Crippen MR) is 71.4 cm³/mol. The van der Waals surface area contributed by atoms with Crippen LogP contribution in [0.1, 0.15) is 13.8 Å². The fourth-order valence-electron chi connectivity index (χ4n) is 1.74. The van der Waals surface area contributed by atoms with Gasteiger partial charge in [0, 0.05) is 38.4 Å². The van der Waals surface area contributed by atoms with Crippen LogP contribution in [0.2, 0.25) is 0 Å². The molecule has 4 nitrogen and oxygen atoms in total. The van der Waals surface area contributed by atoms with Gasteiger partial charge in [0.2, 0.25) is 0 Å². The maximum absolute atomic E-state index is 11.5. The maximum Gasteiger partial charge on any atom is 0.250 e. The van der Waals surface area contributed by atoms with Gasteiger partial charge >= 0.3 is 0 Å². The van der Waals surface area contributed by atoms with Crippen molar-refractivity contribution < 1.29 is 0 Å². The molecule has 0 radical (unpaired) electrons. The van der Waals surface area contributed by atoms with Crippen LogP contribution in [0, 0.1) is 0 Å². The lowest BCUT2D eigenvalue weighted by molar-refractivity contribution is 0.275. The minimum atomic E-state index is 0.0789. The zero-order chi connectivity index (χ0) is 12.5. The second-order valence-electron chi connectivity index (χ2n) is 4.02. The lowest BCUT2D eigenvalue weighted by atomic mass is 10.4. The molecular formula is C13H23N3O. The van der Waals surface area contributed by atoms with Gasteiger partial charge in [-0.1, -0.05) is 19.9 Å². The van der Waals surface area contributed by atoms with Crippen LogP contribution in [-0.4, -0.2) is 42.2 Å². The minimum Gasteiger partial charge on any atom is -0.316 e. The molecule has 1 aromatic heterocycles. The van der Waals surface area contributed by atoms with Crippen LogP contribution in [-0.2, 0) is 6.54 Å². The van der Waals surface area contributed by atoms with Crippen molar-refractivity contribution in [1.82, 2.24) is 14.8 Å². The molecule has 0 saturated carbocycles. The van der Waals surface area contributed by atoms with Gasteiger partial charge < -0.3 is 14.8 Å². The Labute approximate surface area is 103 Å². The van der Waals surface area contributed by atoms with Gasteiger partial charge in [0.05, 0.1) is 0 Å². The van der Waals surface area contributed by atoms with Crippen LogP contribution >= 0.6 is 0 Å². The highest BCUT2D eigenvalue weighted by Crippen LogP contribution is 1.89. The molecule has 17 heavy (non-hydrogen) atoms. The molecule has 0 unspecified atom stereocenters. The SMILES string of the molecule is CCNCCN(CC)CCn1ccccc1=O. The molecule has 1 N–H and O–H groups in total. The second kappa shape index (κ2) is 8.03. The van der Waals surface area contributed by atoms with Gasteiger partial charge in [0.25, 0.3) is 5.56 Å². The standard InChI is InChI=1S/C13H23N3O/c1-3-14-8-10-15(4-2)11-12-16-9-6-5-7-13(16)17/h5-7,9,14H,3-4,8,10-12H2,1-2H3. The molecule has 0 amide bonds. The molecule has 0 aromatic carbocycles. The van der Waals surface area contributed by atoms with Gasteiger partial charge in [-0.3, -0.25) is 4.79 Å². The van der Waals surface area contributed by atoms with Crippen LogP contribution in [0.25, 0.3) is 0 Å². The Morgan fingerprint density at radius 3 is 2.76 bits per heavy atom. The van der Waals surface area contributed by atoms with E-state index in [2.05, 4.69) is 24.1 Å². The predicted octanol–water partition coefficient (Wildman–Crippen LogP) is 0.780. The lowest BCUT2D eigenvalue weighted by Crippen LogP contribution is -2.35. The van der Waals surface area contributed by atoms with Crippen LogP contribution in [0.5, 0.6) is 0 Å². The largest absolute Gasteiger partial charge is 0.316 e. The normalized spacial score (nSPS) is 11.0. The van der Waals surface area contributed by atoms with Gasteiger partial charge in [0.15, 0.2) is 0 Å². The fourth-order valence-corrected chi connectivity index (χ4v) is 1.74. The number of rotatable bonds is 8. The first-order chi connectivity index (χ1) is 8.27. The van der Waals surface area contributed by atoms with E-state index >= 15 is 0 Å². The third-order valence-electron chi connectivity index (χ3n) is 2.86. The van der Waals surface area contributed by atoms with Crippen molar-refractivity contribution in [1.29, 1.82) is 0 Å². The molecule has 0 aliphatic carbocycles. The van der Waals surface area contributed by atoms with Crippen molar-refractivity contribution in [3.8, 4) is 0 Å². The summed E-state index contributed by atoms with van der Waals surface area (Å²) in [6.07, 6.45) is 1.85. The summed E-state index contributed by atoms with van der Waals surface area (Å²) in [5, 5.41) is 3.31. The summed E-state index contributed by atoms with van der Waals surface area (Å²) in [5.41, 5.74) is 0.0789. The molecule has 0 bridgehead atoms. The average molecular weight is 237 g/mol. The van der Waals surface area contributed by atoms with Crippen molar-refractivity contribution in [3.63, 3.8) is 0 Å². The van der Waals surface area contributed by atoms with Crippen molar-refractivity contribution >= 4 is 0 Å². The first-order valence-electron chi connectivity index (χ1n) is 6.36. The summed E-state index contributed by atoms with van der Waals surface area (Å²) in [6, 6.07) is 5.28. The van der Waals surface area contributed by atoms with Gasteiger partial charge in [-0.2, -0.15) is 0 Å².